The predicted molar refractivity (Wildman–Crippen MR) is 444 cm³/mol. The van der Waals surface area contributed by atoms with Crippen LogP contribution in [0, 0.1) is 43.3 Å². The van der Waals surface area contributed by atoms with Gasteiger partial charge in [0.15, 0.2) is 0 Å². The van der Waals surface area contributed by atoms with Crippen LogP contribution in [0.25, 0.3) is 0 Å². The van der Waals surface area contributed by atoms with Crippen molar-refractivity contribution in [3.63, 3.8) is 0 Å². The Kier molecular flexibility index (Phi) is 27.3. The molecule has 9 aliphatic rings. The summed E-state index contributed by atoms with van der Waals surface area (Å²) in [6.07, 6.45) is 1.57. The molecule has 0 atom stereocenters. The fraction of sp³-hybridized carbons (Fsp3) is 0.700. The molecule has 4 aromatic carbocycles. The van der Waals surface area contributed by atoms with Crippen molar-refractivity contribution >= 4 is 62.6 Å². The third kappa shape index (κ3) is 22.4. The lowest BCUT2D eigenvalue weighted by Gasteiger charge is -2.37. The average Bonchev–Trinajstić information content (AvgIpc) is 0.732. The number of hydrogen-bond donors (Lipinski definition) is 0. The third-order valence-electron chi connectivity index (χ3n) is 21.4. The van der Waals surface area contributed by atoms with E-state index in [0.29, 0.717) is 25.7 Å². The molecule has 0 aromatic heterocycles. The molecular weight excluding hydrogens is 1720 g/mol. The summed E-state index contributed by atoms with van der Waals surface area (Å²) in [6, 6.07) is 12.3. The number of phosphoric ester groups is 8. The van der Waals surface area contributed by atoms with Crippen molar-refractivity contribution in [2.45, 2.75) is 214 Å². The van der Waals surface area contributed by atoms with Gasteiger partial charge in [-0.15, -0.1) is 0 Å². The average molecular weight is 1840 g/mol. The van der Waals surface area contributed by atoms with Crippen LogP contribution >= 0.6 is 62.6 Å². The molecule has 1 aliphatic carbocycles. The van der Waals surface area contributed by atoms with Gasteiger partial charge < -0.3 is 36.2 Å². The minimum atomic E-state index is -4.75. The summed E-state index contributed by atoms with van der Waals surface area (Å²) in [5.74, 6) is -6.67. The molecule has 0 spiro atoms. The van der Waals surface area contributed by atoms with Gasteiger partial charge in [0.05, 0.1) is 106 Å². The van der Waals surface area contributed by atoms with E-state index in [4.69, 9.17) is 109 Å². The summed E-state index contributed by atoms with van der Waals surface area (Å²) >= 11 is 0. The highest BCUT2D eigenvalue weighted by molar-refractivity contribution is 7.51. The molecule has 8 heterocycles. The largest absolute Gasteiger partial charge is 0.530 e. The number of benzene rings is 4. The molecule has 0 saturated carbocycles. The molecular formula is C80H120O32P8. The second kappa shape index (κ2) is 34.8. The molecule has 40 heteroatoms. The maximum Gasteiger partial charge on any atom is 0.530 e. The van der Waals surface area contributed by atoms with Crippen molar-refractivity contribution in [1.29, 1.82) is 0 Å². The van der Waals surface area contributed by atoms with E-state index in [2.05, 4.69) is 0 Å². The van der Waals surface area contributed by atoms with Crippen molar-refractivity contribution in [1.82, 2.24) is 0 Å². The Morgan fingerprint density at radius 2 is 0.308 bits per heavy atom. The lowest BCUT2D eigenvalue weighted by molar-refractivity contribution is 0.0167. The lowest BCUT2D eigenvalue weighted by atomic mass is 9.77. The summed E-state index contributed by atoms with van der Waals surface area (Å²) in [5, 5.41) is 0. The van der Waals surface area contributed by atoms with E-state index in [-0.39, 0.29) is 222 Å². The Morgan fingerprint density at radius 3 is 0.400 bits per heavy atom. The normalized spacial score (nSPS) is 27.7. The quantitative estimate of drug-likeness (QED) is 0.0588. The van der Waals surface area contributed by atoms with Gasteiger partial charge in [-0.1, -0.05) is 164 Å². The second-order valence-electron chi connectivity index (χ2n) is 39.1. The molecule has 13 rings (SSSR count). The van der Waals surface area contributed by atoms with E-state index < -0.39 is 130 Å². The zero-order chi connectivity index (χ0) is 87.1. The maximum absolute atomic E-state index is 15.7. The van der Waals surface area contributed by atoms with E-state index in [1.165, 1.54) is 24.3 Å². The molecule has 8 saturated heterocycles. The molecule has 8 aliphatic heterocycles. The first-order valence-electron chi connectivity index (χ1n) is 41.1. The standard InChI is InChI=1S/C80H120O32P8/c1-21-25-53-57-29-59(67(107-115(83)93-41-75(9,10)42-94-115)33-65(57)105-113(81)89-37-73(5,6)38-90-113)54(26-22-2)61-31-63(71(111-119(87)101-49-79(17,18)50-102-119)35-69(61)109-117(85)97-45-77(13,14)46-98-117)56(28-24-4)64-32-62(70(110-118(86)99-47-78(15,16)48-100-118)36-72(64)112-120(88)103-51-80(19,20)52-104-120)55(27-23-3)60-30-58(53)66(106-114(82)91-39-74(7,8)40-92-114)34-68(60)108-116(84)95-43-76(11,12)44-96-116/h29-36,53-56H,21-28,37-52H2,1-20H3. The van der Waals surface area contributed by atoms with Crippen LogP contribution in [-0.4, -0.2) is 106 Å². The first kappa shape index (κ1) is 94.1. The van der Waals surface area contributed by atoms with Gasteiger partial charge >= 0.3 is 62.6 Å². The van der Waals surface area contributed by atoms with Crippen LogP contribution < -0.4 is 36.2 Å². The van der Waals surface area contributed by atoms with Crippen molar-refractivity contribution in [3.05, 3.63) is 93.0 Å². The van der Waals surface area contributed by atoms with Gasteiger partial charge in [-0.2, -0.15) is 0 Å². The number of hydrogen-bond acceptors (Lipinski definition) is 32. The van der Waals surface area contributed by atoms with E-state index in [1.807, 2.05) is 138 Å². The van der Waals surface area contributed by atoms with Gasteiger partial charge in [-0.05, 0) is 49.9 Å². The van der Waals surface area contributed by atoms with Crippen molar-refractivity contribution in [3.8, 4) is 46.0 Å². The molecule has 0 N–H and O–H groups in total. The zero-order valence-corrected chi connectivity index (χ0v) is 79.7. The number of fused-ring (bicyclic) bond motifs is 8. The predicted octanol–water partition coefficient (Wildman–Crippen LogP) is 24.2. The molecule has 0 radical (unpaired) electrons. The van der Waals surface area contributed by atoms with Crippen LogP contribution in [0.1, 0.15) is 258 Å². The van der Waals surface area contributed by atoms with E-state index >= 15 is 36.5 Å². The highest BCUT2D eigenvalue weighted by Gasteiger charge is 2.52. The highest BCUT2D eigenvalue weighted by Crippen LogP contribution is 2.69. The smallest absolute Gasteiger partial charge is 0.404 e. The van der Waals surface area contributed by atoms with Crippen molar-refractivity contribution < 1.29 is 145 Å². The van der Waals surface area contributed by atoms with Gasteiger partial charge in [0, 0.05) is 136 Å². The fourth-order valence-corrected chi connectivity index (χ4v) is 27.1. The van der Waals surface area contributed by atoms with Crippen LogP contribution in [-0.2, 0) is 109 Å². The van der Waals surface area contributed by atoms with Crippen molar-refractivity contribution in [2.75, 3.05) is 106 Å². The minimum absolute atomic E-state index is 0.0829. The third-order valence-corrected chi connectivity index (χ3v) is 31.9. The van der Waals surface area contributed by atoms with Gasteiger partial charge in [0.2, 0.25) is 0 Å². The topological polar surface area (TPSA) is 358 Å². The SMILES string of the molecule is CCCC1c2cc(c(OP3(=O)OCC(C)(C)CO3)cc2OP2(=O)OCC(C)(C)CO2)C(CCC)c2cc(c(OP3(=O)OCC(C)(C)CO3)cc2OP2(=O)OCC(C)(C)CO2)C(CCC)c2cc(c(OP3(=O)OCC(C)(C)CO3)cc2OP2(=O)OCC(C)(C)CO2)C(CCC)c2cc1c(OP1(=O)OCC(C)(C)CO1)cc2OP1(=O)OCC(C)(C)CO1. The van der Waals surface area contributed by atoms with Crippen LogP contribution in [0.15, 0.2) is 48.5 Å². The van der Waals surface area contributed by atoms with Gasteiger partial charge in [-0.3, -0.25) is 72.4 Å². The molecule has 120 heavy (non-hydrogen) atoms. The monoisotopic (exact) mass is 1840 g/mol. The first-order chi connectivity index (χ1) is 55.7. The molecule has 32 nitrogen and oxygen atoms in total. The van der Waals surface area contributed by atoms with Crippen LogP contribution in [0.5, 0.6) is 46.0 Å². The zero-order valence-electron chi connectivity index (χ0n) is 72.5. The Bertz CT molecular complexity index is 3920. The second-order valence-corrected chi connectivity index (χ2v) is 51.8. The van der Waals surface area contributed by atoms with E-state index in [9.17, 15) is 0 Å². The van der Waals surface area contributed by atoms with Crippen LogP contribution in [0.4, 0.5) is 0 Å². The van der Waals surface area contributed by atoms with Gasteiger partial charge in [-0.25, -0.2) is 36.5 Å². The molecule has 0 unspecified atom stereocenters. The van der Waals surface area contributed by atoms with Crippen LogP contribution in [0.2, 0.25) is 0 Å². The molecule has 8 fully saturated rings. The minimum Gasteiger partial charge on any atom is -0.404 e. The lowest BCUT2D eigenvalue weighted by Crippen LogP contribution is -2.31. The molecule has 672 valence electrons. The summed E-state index contributed by atoms with van der Waals surface area (Å²) in [6.45, 7) is 35.7. The molecule has 8 bridgehead atoms. The Balaban J connectivity index is 1.22. The molecule has 4 aromatic rings. The Labute approximate surface area is 705 Å². The Morgan fingerprint density at radius 1 is 0.208 bits per heavy atom. The highest BCUT2D eigenvalue weighted by atomic mass is 31.2. The molecule has 0 amide bonds. The summed E-state index contributed by atoms with van der Waals surface area (Å²) < 4.78 is 280. The van der Waals surface area contributed by atoms with Gasteiger partial charge in [0.25, 0.3) is 0 Å². The van der Waals surface area contributed by atoms with E-state index in [0.717, 1.165) is 0 Å². The van der Waals surface area contributed by atoms with E-state index in [1.54, 1.807) is 24.3 Å². The number of phosphoric acid groups is 8. The number of rotatable bonds is 24. The maximum atomic E-state index is 15.7. The van der Waals surface area contributed by atoms with Crippen LogP contribution in [0.3, 0.4) is 0 Å². The fourth-order valence-electron chi connectivity index (χ4n) is 14.3. The summed E-state index contributed by atoms with van der Waals surface area (Å²) in [4.78, 5) is 0. The first-order valence-corrected chi connectivity index (χ1v) is 52.8. The summed E-state index contributed by atoms with van der Waals surface area (Å²) in [5.41, 5.74) is -4.01. The van der Waals surface area contributed by atoms with Crippen molar-refractivity contribution in [2.24, 2.45) is 43.3 Å². The van der Waals surface area contributed by atoms with Gasteiger partial charge in [0.1, 0.15) is 46.0 Å². The summed E-state index contributed by atoms with van der Waals surface area (Å²) in [7, 11) is -38.0. The Hall–Kier alpha value is -3.52.